The van der Waals surface area contributed by atoms with Gasteiger partial charge in [-0.2, -0.15) is 0 Å². The molecule has 110 valence electrons. The highest BCUT2D eigenvalue weighted by Gasteiger charge is 2.64. The van der Waals surface area contributed by atoms with Crippen molar-refractivity contribution in [3.8, 4) is 0 Å². The molecular weight excluding hydrogens is 268 g/mol. The molecule has 2 fully saturated rings. The third-order valence-electron chi connectivity index (χ3n) is 4.39. The molecule has 2 aliphatic rings. The Kier molecular flexibility index (Phi) is 4.85. The maximum absolute atomic E-state index is 11.9. The first-order valence-corrected chi connectivity index (χ1v) is 6.60. The Hall–Kier alpha value is -0.810. The van der Waals surface area contributed by atoms with Gasteiger partial charge >= 0.3 is 5.97 Å². The Morgan fingerprint density at radius 2 is 2.11 bits per heavy atom. The molecule has 1 saturated heterocycles. The Labute approximate surface area is 120 Å². The van der Waals surface area contributed by atoms with Gasteiger partial charge in [-0.3, -0.25) is 14.9 Å². The maximum Gasteiger partial charge on any atom is 0.318 e. The van der Waals surface area contributed by atoms with Crippen molar-refractivity contribution in [2.45, 2.75) is 33.9 Å². The van der Waals surface area contributed by atoms with Gasteiger partial charge in [-0.1, -0.05) is 13.8 Å². The summed E-state index contributed by atoms with van der Waals surface area (Å²) in [6, 6.07) is 0. The van der Waals surface area contributed by atoms with E-state index in [-0.39, 0.29) is 24.5 Å². The van der Waals surface area contributed by atoms with Gasteiger partial charge in [-0.05, 0) is 25.2 Å². The Bertz CT molecular complexity index is 373. The van der Waals surface area contributed by atoms with Crippen LogP contribution in [0.4, 0.5) is 0 Å². The van der Waals surface area contributed by atoms with Crippen LogP contribution in [0.15, 0.2) is 0 Å². The number of carbonyl (C=O) groups is 2. The predicted molar refractivity (Wildman–Crippen MR) is 73.7 cm³/mol. The molecule has 5 nitrogen and oxygen atoms in total. The van der Waals surface area contributed by atoms with E-state index in [4.69, 9.17) is 4.74 Å². The van der Waals surface area contributed by atoms with E-state index in [1.54, 1.807) is 13.8 Å². The second-order valence-electron chi connectivity index (χ2n) is 5.82. The first-order valence-electron chi connectivity index (χ1n) is 6.60. The Balaban J connectivity index is 0.00000180. The van der Waals surface area contributed by atoms with Gasteiger partial charge in [0.05, 0.1) is 12.8 Å². The maximum atomic E-state index is 11.9. The number of esters is 1. The molecule has 1 unspecified atom stereocenters. The quantitative estimate of drug-likeness (QED) is 0.597. The molecule has 19 heavy (non-hydrogen) atoms. The van der Waals surface area contributed by atoms with Crippen LogP contribution >= 0.6 is 12.4 Å². The Morgan fingerprint density at radius 3 is 2.58 bits per heavy atom. The number of hydrogen-bond acceptors (Lipinski definition) is 4. The number of hydrogen-bond donors (Lipinski definition) is 2. The van der Waals surface area contributed by atoms with Crippen molar-refractivity contribution >= 4 is 24.3 Å². The topological polar surface area (TPSA) is 67.4 Å². The van der Waals surface area contributed by atoms with Gasteiger partial charge in [-0.25, -0.2) is 0 Å². The molecule has 4 atom stereocenters. The van der Waals surface area contributed by atoms with E-state index in [1.165, 1.54) is 0 Å². The fraction of sp³-hybridized carbons (Fsp3) is 0.846. The highest BCUT2D eigenvalue weighted by atomic mass is 35.5. The van der Waals surface area contributed by atoms with Gasteiger partial charge in [0.2, 0.25) is 5.91 Å². The minimum absolute atomic E-state index is 0. The summed E-state index contributed by atoms with van der Waals surface area (Å²) in [5.74, 6) is -0.335. The van der Waals surface area contributed by atoms with E-state index in [9.17, 15) is 9.59 Å². The van der Waals surface area contributed by atoms with Crippen LogP contribution in [0.25, 0.3) is 0 Å². The van der Waals surface area contributed by atoms with Crippen molar-refractivity contribution in [3.05, 3.63) is 0 Å². The molecule has 1 amide bonds. The van der Waals surface area contributed by atoms with E-state index < -0.39 is 11.9 Å². The molecule has 2 rings (SSSR count). The number of amides is 1. The van der Waals surface area contributed by atoms with Crippen LogP contribution < -0.4 is 10.6 Å². The number of fused-ring (bicyclic) bond motifs is 1. The van der Waals surface area contributed by atoms with E-state index in [2.05, 4.69) is 24.5 Å². The first-order chi connectivity index (χ1) is 8.39. The van der Waals surface area contributed by atoms with Crippen molar-refractivity contribution in [1.82, 2.24) is 10.6 Å². The normalized spacial score (nSPS) is 31.7. The van der Waals surface area contributed by atoms with Crippen LogP contribution in [0, 0.1) is 23.2 Å². The van der Waals surface area contributed by atoms with Crippen molar-refractivity contribution in [2.75, 3.05) is 13.2 Å². The van der Waals surface area contributed by atoms with Crippen molar-refractivity contribution < 1.29 is 14.3 Å². The Morgan fingerprint density at radius 1 is 1.47 bits per heavy atom. The SMILES string of the molecule is CCOC(=O)C(C)C(=O)N[C@@H]1NC[C@H]2[C@@H]1C2(C)C.Cl. The number of ether oxygens (including phenoxy) is 1. The zero-order valence-electron chi connectivity index (χ0n) is 11.9. The second kappa shape index (κ2) is 5.67. The number of carbonyl (C=O) groups excluding carboxylic acids is 2. The molecule has 0 aromatic rings. The average Bonchev–Trinajstić information content (AvgIpc) is 2.68. The van der Waals surface area contributed by atoms with E-state index in [1.807, 2.05) is 0 Å². The van der Waals surface area contributed by atoms with Gasteiger partial charge < -0.3 is 10.1 Å². The third kappa shape index (κ3) is 2.87. The average molecular weight is 291 g/mol. The first kappa shape index (κ1) is 16.2. The molecule has 0 radical (unpaired) electrons. The largest absolute Gasteiger partial charge is 0.465 e. The third-order valence-corrected chi connectivity index (χ3v) is 4.39. The van der Waals surface area contributed by atoms with Crippen LogP contribution in [-0.4, -0.2) is 31.2 Å². The zero-order valence-corrected chi connectivity index (χ0v) is 12.7. The monoisotopic (exact) mass is 290 g/mol. The van der Waals surface area contributed by atoms with Crippen molar-refractivity contribution in [2.24, 2.45) is 23.2 Å². The molecule has 0 spiro atoms. The lowest BCUT2D eigenvalue weighted by Crippen LogP contribution is -2.48. The van der Waals surface area contributed by atoms with E-state index in [0.717, 1.165) is 6.54 Å². The van der Waals surface area contributed by atoms with Crippen LogP contribution in [0.2, 0.25) is 0 Å². The second-order valence-corrected chi connectivity index (χ2v) is 5.82. The van der Waals surface area contributed by atoms with Crippen molar-refractivity contribution in [1.29, 1.82) is 0 Å². The van der Waals surface area contributed by atoms with E-state index in [0.29, 0.717) is 23.9 Å². The van der Waals surface area contributed by atoms with Gasteiger partial charge in [-0.15, -0.1) is 12.4 Å². The summed E-state index contributed by atoms with van der Waals surface area (Å²) in [5, 5.41) is 6.20. The molecule has 1 saturated carbocycles. The molecule has 0 aromatic carbocycles. The highest BCUT2D eigenvalue weighted by molar-refractivity contribution is 5.97. The summed E-state index contributed by atoms with van der Waals surface area (Å²) < 4.78 is 4.85. The summed E-state index contributed by atoms with van der Waals surface area (Å²) >= 11 is 0. The summed E-state index contributed by atoms with van der Waals surface area (Å²) in [7, 11) is 0. The van der Waals surface area contributed by atoms with Gasteiger partial charge in [0.25, 0.3) is 0 Å². The molecule has 0 aromatic heterocycles. The highest BCUT2D eigenvalue weighted by Crippen LogP contribution is 2.61. The van der Waals surface area contributed by atoms with Gasteiger partial charge in [0, 0.05) is 12.5 Å². The molecular formula is C13H23ClN2O3. The standard InChI is InChI=1S/C13H22N2O3.ClH/c1-5-18-12(17)7(2)11(16)15-10-9-8(6-14-10)13(9,3)4;/h7-10,14H,5-6H2,1-4H3,(H,15,16);1H/t7?,8-,9-,10-;/m0./s1. The number of rotatable bonds is 4. The molecule has 6 heteroatoms. The lowest BCUT2D eigenvalue weighted by atomic mass is 10.1. The number of piperidine rings is 1. The van der Waals surface area contributed by atoms with Crippen LogP contribution in [0.1, 0.15) is 27.7 Å². The fourth-order valence-corrected chi connectivity index (χ4v) is 3.01. The van der Waals surface area contributed by atoms with Crippen LogP contribution in [0.5, 0.6) is 0 Å². The van der Waals surface area contributed by atoms with Gasteiger partial charge in [0.15, 0.2) is 0 Å². The van der Waals surface area contributed by atoms with Crippen LogP contribution in [-0.2, 0) is 14.3 Å². The molecule has 1 aliphatic heterocycles. The number of nitrogens with one attached hydrogen (secondary N) is 2. The predicted octanol–water partition coefficient (Wildman–Crippen LogP) is 0.925. The fourth-order valence-electron chi connectivity index (χ4n) is 3.01. The minimum Gasteiger partial charge on any atom is -0.465 e. The van der Waals surface area contributed by atoms with Gasteiger partial charge in [0.1, 0.15) is 5.92 Å². The molecule has 1 heterocycles. The zero-order chi connectivity index (χ0) is 13.5. The molecule has 1 aliphatic carbocycles. The lowest BCUT2D eigenvalue weighted by Gasteiger charge is -2.21. The van der Waals surface area contributed by atoms with Crippen molar-refractivity contribution in [3.63, 3.8) is 0 Å². The summed E-state index contributed by atoms with van der Waals surface area (Å²) in [5.41, 5.74) is 0.302. The summed E-state index contributed by atoms with van der Waals surface area (Å²) in [6.45, 7) is 9.00. The number of halogens is 1. The van der Waals surface area contributed by atoms with E-state index >= 15 is 0 Å². The smallest absolute Gasteiger partial charge is 0.318 e. The summed E-state index contributed by atoms with van der Waals surface area (Å²) in [6.07, 6.45) is -0.00521. The van der Waals surface area contributed by atoms with Crippen LogP contribution in [0.3, 0.4) is 0 Å². The summed E-state index contributed by atoms with van der Waals surface area (Å²) in [4.78, 5) is 23.4. The molecule has 0 bridgehead atoms. The minimum atomic E-state index is -0.743. The molecule has 2 N–H and O–H groups in total. The lowest BCUT2D eigenvalue weighted by molar-refractivity contribution is -0.151.